The van der Waals surface area contributed by atoms with Crippen LogP contribution in [0.25, 0.3) is 0 Å². The normalized spacial score (nSPS) is 13.3. The van der Waals surface area contributed by atoms with Gasteiger partial charge < -0.3 is 4.74 Å². The molecule has 0 aromatic carbocycles. The Bertz CT molecular complexity index is 212. The van der Waals surface area contributed by atoms with Crippen LogP contribution in [0, 0.1) is 11.3 Å². The van der Waals surface area contributed by atoms with Crippen LogP contribution in [0.5, 0.6) is 0 Å². The second-order valence-electron chi connectivity index (χ2n) is 4.75. The molecule has 0 heterocycles. The van der Waals surface area contributed by atoms with Gasteiger partial charge in [0.2, 0.25) is 0 Å². The third-order valence-corrected chi connectivity index (χ3v) is 2.88. The van der Waals surface area contributed by atoms with Crippen molar-refractivity contribution in [3.8, 4) is 0 Å². The Morgan fingerprint density at radius 2 is 2.20 bits per heavy atom. The zero-order valence-corrected chi connectivity index (χ0v) is 10.6. The number of hydrogen-bond acceptors (Lipinski definition) is 2. The molecule has 0 rings (SSSR count). The van der Waals surface area contributed by atoms with Crippen molar-refractivity contribution in [2.45, 2.75) is 33.6 Å². The summed E-state index contributed by atoms with van der Waals surface area (Å²) in [5.41, 5.74) is 0.162. The number of alkyl halides is 1. The minimum absolute atomic E-state index is 0.162. The number of ether oxygens (including phenoxy) is 1. The highest BCUT2D eigenvalue weighted by molar-refractivity contribution is 6.18. The van der Waals surface area contributed by atoms with Gasteiger partial charge in [0.15, 0.2) is 0 Å². The Morgan fingerprint density at radius 1 is 1.60 bits per heavy atom. The van der Waals surface area contributed by atoms with E-state index in [1.165, 1.54) is 6.08 Å². The lowest BCUT2D eigenvalue weighted by Crippen LogP contribution is -2.19. The lowest BCUT2D eigenvalue weighted by molar-refractivity contribution is -0.138. The fraction of sp³-hybridized carbons (Fsp3) is 0.750. The smallest absolute Gasteiger partial charge is 0.330 e. The summed E-state index contributed by atoms with van der Waals surface area (Å²) in [5.74, 6) is 0.823. The molecule has 0 spiro atoms. The standard InChI is InChI=1S/C12H21ClO2/c1-5-11(14)15-7-6-12(3,4)8-10(2)9-13/h5,10H,1,6-9H2,2-4H3. The van der Waals surface area contributed by atoms with Crippen molar-refractivity contribution in [2.75, 3.05) is 12.5 Å². The Labute approximate surface area is 97.6 Å². The summed E-state index contributed by atoms with van der Waals surface area (Å²) in [6.07, 6.45) is 3.09. The van der Waals surface area contributed by atoms with E-state index in [4.69, 9.17) is 16.3 Å². The maximum Gasteiger partial charge on any atom is 0.330 e. The average molecular weight is 233 g/mol. The maximum atomic E-state index is 10.8. The van der Waals surface area contributed by atoms with Gasteiger partial charge in [0.05, 0.1) is 6.61 Å². The van der Waals surface area contributed by atoms with E-state index >= 15 is 0 Å². The van der Waals surface area contributed by atoms with E-state index in [1.54, 1.807) is 0 Å². The van der Waals surface area contributed by atoms with Crippen molar-refractivity contribution in [1.82, 2.24) is 0 Å². The van der Waals surface area contributed by atoms with E-state index in [1.807, 2.05) is 0 Å². The second kappa shape index (κ2) is 6.89. The lowest BCUT2D eigenvalue weighted by Gasteiger charge is -2.26. The molecule has 0 saturated carbocycles. The van der Waals surface area contributed by atoms with E-state index in [0.29, 0.717) is 18.4 Å². The molecule has 0 amide bonds. The topological polar surface area (TPSA) is 26.3 Å². The fourth-order valence-electron chi connectivity index (χ4n) is 1.59. The van der Waals surface area contributed by atoms with Gasteiger partial charge in [-0.3, -0.25) is 0 Å². The number of halogens is 1. The van der Waals surface area contributed by atoms with Gasteiger partial charge in [0, 0.05) is 12.0 Å². The highest BCUT2D eigenvalue weighted by Gasteiger charge is 2.20. The predicted octanol–water partition coefficient (Wildman–Crippen LogP) is 3.40. The molecule has 2 nitrogen and oxygen atoms in total. The zero-order chi connectivity index (χ0) is 11.9. The molecule has 0 aliphatic rings. The summed E-state index contributed by atoms with van der Waals surface area (Å²) < 4.78 is 4.95. The Hall–Kier alpha value is -0.500. The highest BCUT2D eigenvalue weighted by Crippen LogP contribution is 2.29. The molecule has 15 heavy (non-hydrogen) atoms. The molecule has 0 aromatic rings. The van der Waals surface area contributed by atoms with Crippen LogP contribution in [0.2, 0.25) is 0 Å². The number of carbonyl (C=O) groups is 1. The van der Waals surface area contributed by atoms with Crippen LogP contribution in [0.3, 0.4) is 0 Å². The maximum absolute atomic E-state index is 10.8. The van der Waals surface area contributed by atoms with Gasteiger partial charge in [0.25, 0.3) is 0 Å². The molecule has 0 N–H and O–H groups in total. The van der Waals surface area contributed by atoms with Crippen molar-refractivity contribution in [1.29, 1.82) is 0 Å². The number of hydrogen-bond donors (Lipinski definition) is 0. The predicted molar refractivity (Wildman–Crippen MR) is 64.1 cm³/mol. The van der Waals surface area contributed by atoms with Crippen LogP contribution in [-0.2, 0) is 9.53 Å². The minimum atomic E-state index is -0.351. The van der Waals surface area contributed by atoms with E-state index in [0.717, 1.165) is 12.8 Å². The van der Waals surface area contributed by atoms with E-state index < -0.39 is 0 Å². The van der Waals surface area contributed by atoms with Gasteiger partial charge in [-0.05, 0) is 24.2 Å². The van der Waals surface area contributed by atoms with Gasteiger partial charge in [-0.2, -0.15) is 0 Å². The van der Waals surface area contributed by atoms with E-state index in [-0.39, 0.29) is 11.4 Å². The molecule has 0 aromatic heterocycles. The Morgan fingerprint density at radius 3 is 2.67 bits per heavy atom. The minimum Gasteiger partial charge on any atom is -0.463 e. The van der Waals surface area contributed by atoms with E-state index in [9.17, 15) is 4.79 Å². The molecule has 1 unspecified atom stereocenters. The molecular weight excluding hydrogens is 212 g/mol. The van der Waals surface area contributed by atoms with Crippen molar-refractivity contribution in [3.63, 3.8) is 0 Å². The first-order chi connectivity index (χ1) is 6.91. The molecule has 1 atom stereocenters. The van der Waals surface area contributed by atoms with Gasteiger partial charge in [-0.1, -0.05) is 27.4 Å². The molecule has 0 saturated heterocycles. The summed E-state index contributed by atoms with van der Waals surface area (Å²) in [6, 6.07) is 0. The van der Waals surface area contributed by atoms with Crippen LogP contribution in [-0.4, -0.2) is 18.5 Å². The first-order valence-corrected chi connectivity index (χ1v) is 5.80. The quantitative estimate of drug-likeness (QED) is 0.382. The third kappa shape index (κ3) is 7.43. The summed E-state index contributed by atoms with van der Waals surface area (Å²) in [6.45, 7) is 10.3. The van der Waals surface area contributed by atoms with Crippen LogP contribution in [0.4, 0.5) is 0 Å². The molecule has 0 fully saturated rings. The van der Waals surface area contributed by atoms with E-state index in [2.05, 4.69) is 27.4 Å². The van der Waals surface area contributed by atoms with Gasteiger partial charge in [-0.15, -0.1) is 11.6 Å². The lowest BCUT2D eigenvalue weighted by atomic mass is 9.81. The summed E-state index contributed by atoms with van der Waals surface area (Å²) in [4.78, 5) is 10.8. The van der Waals surface area contributed by atoms with Crippen LogP contribution >= 0.6 is 11.6 Å². The molecule has 0 aliphatic carbocycles. The molecular formula is C12H21ClO2. The molecule has 88 valence electrons. The number of esters is 1. The SMILES string of the molecule is C=CC(=O)OCCC(C)(C)CC(C)CCl. The summed E-state index contributed by atoms with van der Waals surface area (Å²) >= 11 is 5.77. The first kappa shape index (κ1) is 14.5. The van der Waals surface area contributed by atoms with Crippen molar-refractivity contribution in [3.05, 3.63) is 12.7 Å². The van der Waals surface area contributed by atoms with Crippen molar-refractivity contribution >= 4 is 17.6 Å². The fourth-order valence-corrected chi connectivity index (χ4v) is 1.70. The summed E-state index contributed by atoms with van der Waals surface area (Å²) in [5, 5.41) is 0. The van der Waals surface area contributed by atoms with Gasteiger partial charge in [-0.25, -0.2) is 4.79 Å². The zero-order valence-electron chi connectivity index (χ0n) is 9.88. The van der Waals surface area contributed by atoms with Crippen LogP contribution in [0.15, 0.2) is 12.7 Å². The molecule has 0 bridgehead atoms. The Kier molecular flexibility index (Phi) is 6.66. The third-order valence-electron chi connectivity index (χ3n) is 2.35. The molecule has 3 heteroatoms. The first-order valence-electron chi connectivity index (χ1n) is 5.26. The molecule has 0 aliphatic heterocycles. The van der Waals surface area contributed by atoms with Gasteiger partial charge in [0.1, 0.15) is 0 Å². The number of rotatable bonds is 7. The number of carbonyl (C=O) groups excluding carboxylic acids is 1. The molecule has 0 radical (unpaired) electrons. The second-order valence-corrected chi connectivity index (χ2v) is 5.06. The Balaban J connectivity index is 3.82. The van der Waals surface area contributed by atoms with Crippen molar-refractivity contribution in [2.24, 2.45) is 11.3 Å². The van der Waals surface area contributed by atoms with Crippen LogP contribution < -0.4 is 0 Å². The van der Waals surface area contributed by atoms with Crippen LogP contribution in [0.1, 0.15) is 33.6 Å². The van der Waals surface area contributed by atoms with Crippen molar-refractivity contribution < 1.29 is 9.53 Å². The largest absolute Gasteiger partial charge is 0.463 e. The highest BCUT2D eigenvalue weighted by atomic mass is 35.5. The monoisotopic (exact) mass is 232 g/mol. The van der Waals surface area contributed by atoms with Gasteiger partial charge >= 0.3 is 5.97 Å². The average Bonchev–Trinajstić information content (AvgIpc) is 2.16. The summed E-state index contributed by atoms with van der Waals surface area (Å²) in [7, 11) is 0.